The molecular weight excluding hydrogens is 244 g/mol. The van der Waals surface area contributed by atoms with Crippen LogP contribution in [0.3, 0.4) is 0 Å². The van der Waals surface area contributed by atoms with Gasteiger partial charge < -0.3 is 15.0 Å². The van der Waals surface area contributed by atoms with Crippen LogP contribution in [0.5, 0.6) is 0 Å². The molecule has 0 radical (unpaired) electrons. The molecule has 19 heavy (non-hydrogen) atoms. The van der Waals surface area contributed by atoms with E-state index in [1.807, 2.05) is 20.8 Å². The van der Waals surface area contributed by atoms with Crippen molar-refractivity contribution in [2.75, 3.05) is 13.1 Å². The number of ether oxygens (including phenoxy) is 1. The number of likely N-dealkylation sites (tertiary alicyclic amines) is 1. The van der Waals surface area contributed by atoms with E-state index in [1.165, 1.54) is 0 Å². The number of alkyl carbamates (subject to hydrolysis) is 1. The molecule has 5 nitrogen and oxygen atoms in total. The molecule has 1 heterocycles. The summed E-state index contributed by atoms with van der Waals surface area (Å²) in [5.74, 6) is 4.97. The molecule has 1 aliphatic rings. The van der Waals surface area contributed by atoms with Gasteiger partial charge in [-0.3, -0.25) is 4.79 Å². The van der Waals surface area contributed by atoms with Crippen LogP contribution in [-0.2, 0) is 9.53 Å². The molecule has 0 aliphatic carbocycles. The minimum Gasteiger partial charge on any atom is -0.444 e. The van der Waals surface area contributed by atoms with Crippen LogP contribution >= 0.6 is 0 Å². The van der Waals surface area contributed by atoms with E-state index < -0.39 is 11.7 Å². The summed E-state index contributed by atoms with van der Waals surface area (Å²) in [5.41, 5.74) is -0.511. The molecule has 0 bridgehead atoms. The average Bonchev–Trinajstić information content (AvgIpc) is 2.72. The second-order valence-electron chi connectivity index (χ2n) is 5.55. The smallest absolute Gasteiger partial charge is 0.407 e. The molecule has 106 valence electrons. The summed E-state index contributed by atoms with van der Waals surface area (Å²) >= 11 is 0. The number of nitrogens with one attached hydrogen (secondary N) is 1. The van der Waals surface area contributed by atoms with Crippen LogP contribution in [0.25, 0.3) is 0 Å². The third-order valence-electron chi connectivity index (χ3n) is 2.75. The highest BCUT2D eigenvalue weighted by atomic mass is 16.6. The number of carbonyl (C=O) groups excluding carboxylic acids is 2. The molecule has 1 rings (SSSR count). The SMILES string of the molecule is CC#CC(=O)N1CCC[C@@H]1CNC(=O)OC(C)(C)C. The predicted octanol–water partition coefficient (Wildman–Crippen LogP) is 1.53. The lowest BCUT2D eigenvalue weighted by molar-refractivity contribution is -0.125. The van der Waals surface area contributed by atoms with E-state index in [1.54, 1.807) is 11.8 Å². The van der Waals surface area contributed by atoms with Crippen molar-refractivity contribution in [1.82, 2.24) is 10.2 Å². The van der Waals surface area contributed by atoms with Gasteiger partial charge in [-0.05, 0) is 46.5 Å². The molecule has 1 saturated heterocycles. The summed E-state index contributed by atoms with van der Waals surface area (Å²) < 4.78 is 5.16. The van der Waals surface area contributed by atoms with Crippen molar-refractivity contribution in [3.8, 4) is 11.8 Å². The fourth-order valence-electron chi connectivity index (χ4n) is 2.01. The lowest BCUT2D eigenvalue weighted by Gasteiger charge is -2.24. The summed E-state index contributed by atoms with van der Waals surface area (Å²) in [6.07, 6.45) is 1.37. The van der Waals surface area contributed by atoms with E-state index in [9.17, 15) is 9.59 Å². The molecule has 0 saturated carbocycles. The van der Waals surface area contributed by atoms with E-state index in [0.717, 1.165) is 12.8 Å². The van der Waals surface area contributed by atoms with Gasteiger partial charge in [0.15, 0.2) is 0 Å². The summed E-state index contributed by atoms with van der Waals surface area (Å²) in [6.45, 7) is 8.20. The Kier molecular flexibility index (Phi) is 5.22. The Labute approximate surface area is 114 Å². The highest BCUT2D eigenvalue weighted by Gasteiger charge is 2.28. The van der Waals surface area contributed by atoms with Gasteiger partial charge in [-0.1, -0.05) is 5.92 Å². The zero-order valence-electron chi connectivity index (χ0n) is 12.1. The standard InChI is InChI=1S/C14H22N2O3/c1-5-7-12(17)16-9-6-8-11(16)10-15-13(18)19-14(2,3)4/h11H,6,8-10H2,1-4H3,(H,15,18)/t11-/m1/s1. The largest absolute Gasteiger partial charge is 0.444 e. The molecule has 0 aromatic heterocycles. The Bertz CT molecular complexity index is 401. The van der Waals surface area contributed by atoms with Crippen LogP contribution in [0.15, 0.2) is 0 Å². The molecule has 2 amide bonds. The van der Waals surface area contributed by atoms with Crippen molar-refractivity contribution in [2.24, 2.45) is 0 Å². The third kappa shape index (κ3) is 5.21. The van der Waals surface area contributed by atoms with Gasteiger partial charge in [0.2, 0.25) is 0 Å². The molecule has 1 atom stereocenters. The first-order valence-electron chi connectivity index (χ1n) is 6.53. The van der Waals surface area contributed by atoms with Gasteiger partial charge in [-0.15, -0.1) is 0 Å². The van der Waals surface area contributed by atoms with Crippen molar-refractivity contribution < 1.29 is 14.3 Å². The third-order valence-corrected chi connectivity index (χ3v) is 2.75. The average molecular weight is 266 g/mol. The van der Waals surface area contributed by atoms with Gasteiger partial charge in [-0.2, -0.15) is 0 Å². The lowest BCUT2D eigenvalue weighted by Crippen LogP contribution is -2.44. The van der Waals surface area contributed by atoms with Crippen LogP contribution < -0.4 is 5.32 Å². The fraction of sp³-hybridized carbons (Fsp3) is 0.714. The Morgan fingerprint density at radius 2 is 2.11 bits per heavy atom. The Morgan fingerprint density at radius 1 is 1.42 bits per heavy atom. The molecule has 0 aromatic rings. The number of hydrogen-bond acceptors (Lipinski definition) is 3. The maximum atomic E-state index is 11.7. The lowest BCUT2D eigenvalue weighted by atomic mass is 10.2. The Hall–Kier alpha value is -1.70. The molecule has 1 aliphatic heterocycles. The van der Waals surface area contributed by atoms with Gasteiger partial charge in [-0.25, -0.2) is 4.79 Å². The maximum Gasteiger partial charge on any atom is 0.407 e. The van der Waals surface area contributed by atoms with Crippen molar-refractivity contribution in [2.45, 2.75) is 52.2 Å². The summed E-state index contributed by atoms with van der Waals surface area (Å²) in [7, 11) is 0. The first kappa shape index (κ1) is 15.4. The zero-order chi connectivity index (χ0) is 14.5. The Balaban J connectivity index is 2.45. The normalized spacial score (nSPS) is 18.5. The van der Waals surface area contributed by atoms with Gasteiger partial charge in [0.1, 0.15) is 5.60 Å². The Morgan fingerprint density at radius 3 is 2.68 bits per heavy atom. The monoisotopic (exact) mass is 266 g/mol. The highest BCUT2D eigenvalue weighted by molar-refractivity contribution is 5.93. The van der Waals surface area contributed by atoms with Crippen LogP contribution in [0, 0.1) is 11.8 Å². The van der Waals surface area contributed by atoms with Crippen molar-refractivity contribution in [3.05, 3.63) is 0 Å². The second-order valence-corrected chi connectivity index (χ2v) is 5.55. The van der Waals surface area contributed by atoms with Crippen LogP contribution in [0.2, 0.25) is 0 Å². The molecule has 5 heteroatoms. The van der Waals surface area contributed by atoms with Crippen molar-refractivity contribution >= 4 is 12.0 Å². The maximum absolute atomic E-state index is 11.7. The van der Waals surface area contributed by atoms with E-state index in [2.05, 4.69) is 17.2 Å². The second kappa shape index (κ2) is 6.46. The number of amides is 2. The fourth-order valence-corrected chi connectivity index (χ4v) is 2.01. The molecule has 1 N–H and O–H groups in total. The van der Waals surface area contributed by atoms with Crippen LogP contribution in [0.4, 0.5) is 4.79 Å². The van der Waals surface area contributed by atoms with Crippen molar-refractivity contribution in [3.63, 3.8) is 0 Å². The van der Waals surface area contributed by atoms with Crippen molar-refractivity contribution in [1.29, 1.82) is 0 Å². The van der Waals surface area contributed by atoms with E-state index in [4.69, 9.17) is 4.74 Å². The summed E-state index contributed by atoms with van der Waals surface area (Å²) in [5, 5.41) is 2.70. The summed E-state index contributed by atoms with van der Waals surface area (Å²) in [6, 6.07) is 0.0147. The number of hydrogen-bond donors (Lipinski definition) is 1. The van der Waals surface area contributed by atoms with Gasteiger partial charge >= 0.3 is 6.09 Å². The minimum absolute atomic E-state index is 0.0147. The molecule has 0 unspecified atom stereocenters. The number of nitrogens with zero attached hydrogens (tertiary/aromatic N) is 1. The van der Waals surface area contributed by atoms with Gasteiger partial charge in [0.05, 0.1) is 6.04 Å². The zero-order valence-corrected chi connectivity index (χ0v) is 12.1. The molecular formula is C14H22N2O3. The molecule has 0 spiro atoms. The number of rotatable bonds is 2. The van der Waals surface area contributed by atoms with Crippen LogP contribution in [-0.4, -0.2) is 41.6 Å². The topological polar surface area (TPSA) is 58.6 Å². The van der Waals surface area contributed by atoms with Gasteiger partial charge in [0.25, 0.3) is 5.91 Å². The van der Waals surface area contributed by atoms with Crippen LogP contribution in [0.1, 0.15) is 40.5 Å². The predicted molar refractivity (Wildman–Crippen MR) is 72.4 cm³/mol. The molecule has 1 fully saturated rings. The highest BCUT2D eigenvalue weighted by Crippen LogP contribution is 2.16. The number of carbonyl (C=O) groups is 2. The quantitative estimate of drug-likeness (QED) is 0.771. The first-order valence-corrected chi connectivity index (χ1v) is 6.53. The summed E-state index contributed by atoms with van der Waals surface area (Å²) in [4.78, 5) is 25.0. The minimum atomic E-state index is -0.511. The molecule has 0 aromatic carbocycles. The first-order chi connectivity index (χ1) is 8.83. The van der Waals surface area contributed by atoms with E-state index >= 15 is 0 Å². The van der Waals surface area contributed by atoms with E-state index in [0.29, 0.717) is 13.1 Å². The van der Waals surface area contributed by atoms with Gasteiger partial charge in [0, 0.05) is 13.1 Å². The van der Waals surface area contributed by atoms with E-state index in [-0.39, 0.29) is 11.9 Å².